The number of H-pyrrole nitrogens is 1. The molecule has 5 rings (SSSR count). The number of nitrogens with one attached hydrogen (secondary N) is 3. The molecule has 12 heteroatoms. The molecular formula is C32H42N8O4. The third-order valence-corrected chi connectivity index (χ3v) is 8.45. The number of rotatable bonds is 7. The van der Waals surface area contributed by atoms with Crippen LogP contribution in [0.5, 0.6) is 0 Å². The molecule has 44 heavy (non-hydrogen) atoms. The maximum Gasteiger partial charge on any atom is 0.322 e. The van der Waals surface area contributed by atoms with Gasteiger partial charge in [0, 0.05) is 29.9 Å². The van der Waals surface area contributed by atoms with Gasteiger partial charge in [-0.15, -0.1) is 5.10 Å². The maximum atomic E-state index is 13.8. The number of urea groups is 1. The van der Waals surface area contributed by atoms with Crippen molar-refractivity contribution in [1.29, 1.82) is 0 Å². The molecule has 0 radical (unpaired) electrons. The van der Waals surface area contributed by atoms with Crippen LogP contribution in [0.3, 0.4) is 0 Å². The molecule has 1 saturated carbocycles. The van der Waals surface area contributed by atoms with Crippen molar-refractivity contribution < 1.29 is 19.2 Å². The van der Waals surface area contributed by atoms with Crippen LogP contribution in [-0.4, -0.2) is 66.3 Å². The molecule has 0 spiro atoms. The number of amides is 5. The highest BCUT2D eigenvalue weighted by Crippen LogP contribution is 2.39. The van der Waals surface area contributed by atoms with Gasteiger partial charge in [0.25, 0.3) is 23.7 Å². The second-order valence-corrected chi connectivity index (χ2v) is 12.7. The van der Waals surface area contributed by atoms with Crippen molar-refractivity contribution in [3.63, 3.8) is 0 Å². The first kappa shape index (κ1) is 32.3. The van der Waals surface area contributed by atoms with Crippen molar-refractivity contribution in [2.45, 2.75) is 86.4 Å². The molecule has 3 N–H and O–H groups in total. The van der Waals surface area contributed by atoms with Gasteiger partial charge in [-0.25, -0.2) is 4.79 Å². The quantitative estimate of drug-likeness (QED) is 0.292. The zero-order chi connectivity index (χ0) is 30.9. The molecule has 0 saturated heterocycles. The van der Waals surface area contributed by atoms with Crippen molar-refractivity contribution in [1.82, 2.24) is 30.4 Å². The molecule has 2 aliphatic rings. The summed E-state index contributed by atoms with van der Waals surface area (Å²) in [7, 11) is 0. The van der Waals surface area contributed by atoms with E-state index in [9.17, 15) is 19.2 Å². The van der Waals surface area contributed by atoms with E-state index in [4.69, 9.17) is 0 Å². The normalized spacial score (nSPS) is 18.1. The number of tetrazole rings is 1. The van der Waals surface area contributed by atoms with Gasteiger partial charge in [-0.2, -0.15) is 5.21 Å². The lowest BCUT2D eigenvalue weighted by atomic mass is 9.71. The van der Waals surface area contributed by atoms with Crippen LogP contribution in [0, 0.1) is 11.3 Å². The molecule has 0 atom stereocenters. The largest absolute Gasteiger partial charge is 0.322 e. The molecule has 1 aromatic heterocycles. The number of anilines is 2. The molecular weight excluding hydrogens is 560 g/mol. The topological polar surface area (TPSA) is 153 Å². The first-order valence-corrected chi connectivity index (χ1v) is 14.7. The number of aromatic nitrogens is 4. The van der Waals surface area contributed by atoms with Gasteiger partial charge >= 0.3 is 6.03 Å². The monoisotopic (exact) mass is 602 g/mol. The molecule has 1 fully saturated rings. The number of hydrogen-bond donors (Lipinski definition) is 3. The van der Waals surface area contributed by atoms with Gasteiger partial charge in [-0.3, -0.25) is 24.6 Å². The van der Waals surface area contributed by atoms with Gasteiger partial charge in [0.15, 0.2) is 0 Å². The molecule has 1 aliphatic heterocycles. The summed E-state index contributed by atoms with van der Waals surface area (Å²) in [4.78, 5) is 55.1. The molecule has 0 bridgehead atoms. The van der Waals surface area contributed by atoms with E-state index >= 15 is 0 Å². The number of carbonyl (C=O) groups is 4. The standard InChI is InChI=1S/C31H38N8O4.CH4/c1-18(2)39-27(41)24-15-12-22(16-25(24)28(39)42)32-30(43)38(23-13-10-21(11-14-23)31(3,4)5)17-19-6-8-20(9-7-19)26(40)33-29-34-36-37-35-29;/h6-9,12,15-16,18,21,23H,10-11,13-14,17H2,1-5H3,(H,32,43)(H2,33,34,35,36,37,40);1H4. The van der Waals surface area contributed by atoms with E-state index in [1.165, 1.54) is 4.90 Å². The zero-order valence-corrected chi connectivity index (χ0v) is 25.2. The van der Waals surface area contributed by atoms with Crippen LogP contribution in [0.1, 0.15) is 104 Å². The van der Waals surface area contributed by atoms with Gasteiger partial charge < -0.3 is 10.2 Å². The molecule has 2 aromatic carbocycles. The third-order valence-electron chi connectivity index (χ3n) is 8.45. The van der Waals surface area contributed by atoms with Crippen molar-refractivity contribution in [2.75, 3.05) is 10.6 Å². The predicted octanol–water partition coefficient (Wildman–Crippen LogP) is 5.73. The molecule has 5 amide bonds. The minimum Gasteiger partial charge on any atom is -0.317 e. The Kier molecular flexibility index (Phi) is 9.50. The van der Waals surface area contributed by atoms with Crippen molar-refractivity contribution in [2.24, 2.45) is 11.3 Å². The lowest BCUT2D eigenvalue weighted by molar-refractivity contribution is 0.0608. The van der Waals surface area contributed by atoms with E-state index < -0.39 is 0 Å². The number of aromatic amines is 1. The summed E-state index contributed by atoms with van der Waals surface area (Å²) in [5, 5.41) is 18.7. The van der Waals surface area contributed by atoms with Crippen molar-refractivity contribution in [3.05, 3.63) is 64.7 Å². The van der Waals surface area contributed by atoms with Crippen molar-refractivity contribution >= 4 is 35.4 Å². The van der Waals surface area contributed by atoms with E-state index in [1.54, 1.807) is 44.2 Å². The summed E-state index contributed by atoms with van der Waals surface area (Å²) in [5.74, 6) is -0.387. The Morgan fingerprint density at radius 2 is 1.64 bits per heavy atom. The smallest absolute Gasteiger partial charge is 0.317 e. The van der Waals surface area contributed by atoms with Crippen molar-refractivity contribution in [3.8, 4) is 0 Å². The Morgan fingerprint density at radius 1 is 0.977 bits per heavy atom. The molecule has 1 aliphatic carbocycles. The van der Waals surface area contributed by atoms with Crippen LogP contribution in [-0.2, 0) is 6.54 Å². The fourth-order valence-corrected chi connectivity index (χ4v) is 5.97. The maximum absolute atomic E-state index is 13.8. The highest BCUT2D eigenvalue weighted by molar-refractivity contribution is 6.22. The number of benzene rings is 2. The summed E-state index contributed by atoms with van der Waals surface area (Å²) in [6.07, 6.45) is 3.80. The van der Waals surface area contributed by atoms with Gasteiger partial charge in [-0.1, -0.05) is 45.4 Å². The summed E-state index contributed by atoms with van der Waals surface area (Å²) in [6.45, 7) is 10.7. The zero-order valence-electron chi connectivity index (χ0n) is 25.2. The van der Waals surface area contributed by atoms with Gasteiger partial charge in [-0.05, 0) is 92.0 Å². The Hall–Kier alpha value is -4.61. The SMILES string of the molecule is C.CC(C)N1C(=O)c2ccc(NC(=O)N(Cc3ccc(C(=O)Nc4nn[nH]n4)cc3)C3CCC(C(C)(C)C)CC3)cc2C1=O. The minimum atomic E-state index is -0.372. The lowest BCUT2D eigenvalue weighted by Gasteiger charge is -2.41. The molecule has 234 valence electrons. The van der Waals surface area contributed by atoms with Crippen LogP contribution >= 0.6 is 0 Å². The lowest BCUT2D eigenvalue weighted by Crippen LogP contribution is -2.45. The number of fused-ring (bicyclic) bond motifs is 1. The third kappa shape index (κ3) is 6.79. The van der Waals surface area contributed by atoms with Crippen LogP contribution < -0.4 is 10.6 Å². The number of imide groups is 1. The van der Waals surface area contributed by atoms with E-state index in [-0.39, 0.29) is 54.6 Å². The predicted molar refractivity (Wildman–Crippen MR) is 167 cm³/mol. The highest BCUT2D eigenvalue weighted by Gasteiger charge is 2.38. The summed E-state index contributed by atoms with van der Waals surface area (Å²) in [6, 6.07) is 11.4. The summed E-state index contributed by atoms with van der Waals surface area (Å²) in [5.41, 5.74) is 2.58. The Labute approximate surface area is 258 Å². The highest BCUT2D eigenvalue weighted by atomic mass is 16.2. The fraction of sp³-hybridized carbons (Fsp3) is 0.469. The molecule has 2 heterocycles. The Bertz CT molecular complexity index is 1500. The first-order valence-electron chi connectivity index (χ1n) is 14.7. The average molecular weight is 603 g/mol. The van der Waals surface area contributed by atoms with Crippen LogP contribution in [0.25, 0.3) is 0 Å². The molecule has 0 unspecified atom stereocenters. The Morgan fingerprint density at radius 3 is 2.23 bits per heavy atom. The Balaban J connectivity index is 0.00000442. The second kappa shape index (κ2) is 12.9. The number of hydrogen-bond acceptors (Lipinski definition) is 7. The molecule has 12 nitrogen and oxygen atoms in total. The fourth-order valence-electron chi connectivity index (χ4n) is 5.97. The van der Waals surface area contributed by atoms with Gasteiger partial charge in [0.2, 0.25) is 0 Å². The van der Waals surface area contributed by atoms with E-state index in [2.05, 4.69) is 52.0 Å². The van der Waals surface area contributed by atoms with E-state index in [0.29, 0.717) is 34.8 Å². The van der Waals surface area contributed by atoms with Gasteiger partial charge in [0.1, 0.15) is 0 Å². The van der Waals surface area contributed by atoms with Gasteiger partial charge in [0.05, 0.1) is 11.1 Å². The first-order chi connectivity index (χ1) is 20.4. The van der Waals surface area contributed by atoms with E-state index in [0.717, 1.165) is 31.2 Å². The summed E-state index contributed by atoms with van der Waals surface area (Å²) >= 11 is 0. The number of nitrogens with zero attached hydrogens (tertiary/aromatic N) is 5. The number of carbonyl (C=O) groups excluding carboxylic acids is 4. The van der Waals surface area contributed by atoms with E-state index in [1.807, 2.05) is 17.0 Å². The van der Waals surface area contributed by atoms with Crippen LogP contribution in [0.2, 0.25) is 0 Å². The second-order valence-electron chi connectivity index (χ2n) is 12.7. The van der Waals surface area contributed by atoms with Crippen LogP contribution in [0.4, 0.5) is 16.4 Å². The summed E-state index contributed by atoms with van der Waals surface area (Å²) < 4.78 is 0. The average Bonchev–Trinajstić information content (AvgIpc) is 3.57. The minimum absolute atomic E-state index is 0. The van der Waals surface area contributed by atoms with Crippen LogP contribution in [0.15, 0.2) is 42.5 Å². The molecule has 3 aromatic rings.